The molecule has 6 aromatic rings. The van der Waals surface area contributed by atoms with Gasteiger partial charge in [0.1, 0.15) is 5.69 Å². The van der Waals surface area contributed by atoms with Crippen molar-refractivity contribution in [2.75, 3.05) is 5.32 Å². The second-order valence-electron chi connectivity index (χ2n) is 8.69. The summed E-state index contributed by atoms with van der Waals surface area (Å²) in [5.74, 6) is 0. The summed E-state index contributed by atoms with van der Waals surface area (Å²) in [6.45, 7) is 6.33. The van der Waals surface area contributed by atoms with Gasteiger partial charge in [0.25, 0.3) is 0 Å². The van der Waals surface area contributed by atoms with Crippen molar-refractivity contribution < 1.29 is 0 Å². The highest BCUT2D eigenvalue weighted by atomic mass is 32.1. The van der Waals surface area contributed by atoms with Gasteiger partial charge in [-0.25, -0.2) is 0 Å². The fourth-order valence-corrected chi connectivity index (χ4v) is 5.12. The Morgan fingerprint density at radius 1 is 0.912 bits per heavy atom. The van der Waals surface area contributed by atoms with E-state index in [1.807, 2.05) is 31.0 Å². The highest BCUT2D eigenvalue weighted by molar-refractivity contribution is 7.15. The zero-order chi connectivity index (χ0) is 23.2. The number of fused-ring (bicyclic) bond motifs is 2. The van der Waals surface area contributed by atoms with Crippen LogP contribution in [0.4, 0.5) is 5.69 Å². The molecular weight excluding hydrogens is 442 g/mol. The number of hydrogen-bond acceptors (Lipinski definition) is 6. The van der Waals surface area contributed by atoms with Crippen molar-refractivity contribution in [2.45, 2.75) is 26.8 Å². The monoisotopic (exact) mass is 465 g/mol. The molecular formula is C26H23N7S. The van der Waals surface area contributed by atoms with E-state index in [1.54, 1.807) is 11.3 Å². The largest absolute Gasteiger partial charge is 0.382 e. The Morgan fingerprint density at radius 3 is 2.62 bits per heavy atom. The summed E-state index contributed by atoms with van der Waals surface area (Å²) >= 11 is 1.77. The molecule has 6 rings (SSSR count). The second kappa shape index (κ2) is 8.07. The molecule has 0 bridgehead atoms. The van der Waals surface area contributed by atoms with Crippen molar-refractivity contribution in [3.05, 3.63) is 66.2 Å². The third kappa shape index (κ3) is 3.62. The van der Waals surface area contributed by atoms with Gasteiger partial charge in [-0.05, 0) is 51.1 Å². The van der Waals surface area contributed by atoms with E-state index in [0.717, 1.165) is 55.7 Å². The third-order valence-corrected chi connectivity index (χ3v) is 6.78. The highest BCUT2D eigenvalue weighted by Crippen LogP contribution is 2.36. The minimum absolute atomic E-state index is 0.326. The van der Waals surface area contributed by atoms with Crippen LogP contribution < -0.4 is 5.32 Å². The van der Waals surface area contributed by atoms with E-state index in [1.165, 1.54) is 9.75 Å². The summed E-state index contributed by atoms with van der Waals surface area (Å²) in [5.41, 5.74) is 7.57. The van der Waals surface area contributed by atoms with Gasteiger partial charge in [0.15, 0.2) is 0 Å². The van der Waals surface area contributed by atoms with Gasteiger partial charge in [-0.2, -0.15) is 5.10 Å². The van der Waals surface area contributed by atoms with Crippen molar-refractivity contribution in [3.63, 3.8) is 0 Å². The average molecular weight is 466 g/mol. The molecule has 0 aliphatic heterocycles. The van der Waals surface area contributed by atoms with Crippen LogP contribution in [0.25, 0.3) is 54.9 Å². The van der Waals surface area contributed by atoms with Crippen LogP contribution in [0.15, 0.2) is 61.3 Å². The predicted molar refractivity (Wildman–Crippen MR) is 139 cm³/mol. The Hall–Kier alpha value is -4.04. The second-order valence-corrected chi connectivity index (χ2v) is 9.98. The van der Waals surface area contributed by atoms with E-state index < -0.39 is 0 Å². The number of aromatic amines is 2. The van der Waals surface area contributed by atoms with Gasteiger partial charge in [-0.15, -0.1) is 11.3 Å². The number of thiophene rings is 1. The van der Waals surface area contributed by atoms with Gasteiger partial charge >= 0.3 is 0 Å². The first-order valence-corrected chi connectivity index (χ1v) is 12.0. The van der Waals surface area contributed by atoms with Crippen molar-refractivity contribution in [1.82, 2.24) is 30.1 Å². The van der Waals surface area contributed by atoms with Crippen molar-refractivity contribution >= 4 is 38.8 Å². The zero-order valence-electron chi connectivity index (χ0n) is 19.0. The van der Waals surface area contributed by atoms with E-state index >= 15 is 0 Å². The Labute approximate surface area is 200 Å². The van der Waals surface area contributed by atoms with Gasteiger partial charge in [0.2, 0.25) is 0 Å². The molecule has 0 amide bonds. The predicted octanol–water partition coefficient (Wildman–Crippen LogP) is 6.42. The van der Waals surface area contributed by atoms with E-state index in [2.05, 4.69) is 86.6 Å². The Morgan fingerprint density at radius 2 is 1.79 bits per heavy atom. The number of aryl methyl sites for hydroxylation is 1. The molecule has 0 saturated carbocycles. The van der Waals surface area contributed by atoms with Crippen LogP contribution in [0, 0.1) is 6.92 Å². The van der Waals surface area contributed by atoms with Crippen molar-refractivity contribution in [1.29, 1.82) is 0 Å². The van der Waals surface area contributed by atoms with E-state index in [-0.39, 0.29) is 0 Å². The fraction of sp³-hybridized carbons (Fsp3) is 0.154. The zero-order valence-corrected chi connectivity index (χ0v) is 19.9. The van der Waals surface area contributed by atoms with Crippen LogP contribution >= 0.6 is 11.3 Å². The molecule has 34 heavy (non-hydrogen) atoms. The van der Waals surface area contributed by atoms with Crippen molar-refractivity contribution in [3.8, 4) is 33.1 Å². The summed E-state index contributed by atoms with van der Waals surface area (Å²) in [4.78, 5) is 19.5. The van der Waals surface area contributed by atoms with Gasteiger partial charge in [0, 0.05) is 56.3 Å². The molecule has 0 unspecified atom stereocenters. The molecule has 3 N–H and O–H groups in total. The van der Waals surface area contributed by atoms with Gasteiger partial charge in [-0.1, -0.05) is 0 Å². The van der Waals surface area contributed by atoms with Crippen molar-refractivity contribution in [2.24, 2.45) is 0 Å². The average Bonchev–Trinajstić information content (AvgIpc) is 3.55. The van der Waals surface area contributed by atoms with E-state index in [4.69, 9.17) is 0 Å². The molecule has 0 atom stereocenters. The van der Waals surface area contributed by atoms with Gasteiger partial charge in [0.05, 0.1) is 40.5 Å². The number of pyridine rings is 3. The highest BCUT2D eigenvalue weighted by Gasteiger charge is 2.16. The lowest BCUT2D eigenvalue weighted by atomic mass is 10.1. The normalized spacial score (nSPS) is 11.6. The number of rotatable bonds is 5. The topological polar surface area (TPSA) is 95.2 Å². The fourth-order valence-electron chi connectivity index (χ4n) is 4.23. The molecule has 0 aromatic carbocycles. The van der Waals surface area contributed by atoms with Crippen LogP contribution in [-0.4, -0.2) is 36.2 Å². The lowest BCUT2D eigenvalue weighted by molar-refractivity contribution is 0.898. The summed E-state index contributed by atoms with van der Waals surface area (Å²) < 4.78 is 0. The summed E-state index contributed by atoms with van der Waals surface area (Å²) in [7, 11) is 0. The number of hydrogen-bond donors (Lipinski definition) is 3. The molecule has 6 aromatic heterocycles. The molecule has 0 aliphatic carbocycles. The van der Waals surface area contributed by atoms with Crippen LogP contribution in [0.1, 0.15) is 18.7 Å². The lowest BCUT2D eigenvalue weighted by Crippen LogP contribution is -2.09. The summed E-state index contributed by atoms with van der Waals surface area (Å²) in [6, 6.07) is 10.9. The van der Waals surface area contributed by atoms with Gasteiger partial charge in [-0.3, -0.25) is 20.1 Å². The number of aromatic nitrogens is 6. The van der Waals surface area contributed by atoms with E-state index in [9.17, 15) is 0 Å². The van der Waals surface area contributed by atoms with Crippen LogP contribution in [0.5, 0.6) is 0 Å². The van der Waals surface area contributed by atoms with Crippen LogP contribution in [-0.2, 0) is 0 Å². The maximum Gasteiger partial charge on any atom is 0.116 e. The Kier molecular flexibility index (Phi) is 4.88. The lowest BCUT2D eigenvalue weighted by Gasteiger charge is -2.10. The maximum absolute atomic E-state index is 4.65. The summed E-state index contributed by atoms with van der Waals surface area (Å²) in [6.07, 6.45) is 9.29. The third-order valence-electron chi connectivity index (χ3n) is 5.74. The standard InChI is InChI=1S/C26H23N7S/c1-14(2)30-17-6-16(9-27-10-17)21-8-19-24(13-29-21)32-33-26(19)22-7-18-20(11-28-12-23(18)31-22)25-5-4-15(3)34-25/h4-14,30-31H,1-3H3,(H,32,33). The molecule has 6 heterocycles. The first kappa shape index (κ1) is 20.6. The molecule has 0 aliphatic rings. The van der Waals surface area contributed by atoms with Crippen LogP contribution in [0.3, 0.4) is 0 Å². The molecule has 0 fully saturated rings. The molecule has 0 radical (unpaired) electrons. The first-order chi connectivity index (χ1) is 16.5. The quantitative estimate of drug-likeness (QED) is 0.273. The Balaban J connectivity index is 1.45. The van der Waals surface area contributed by atoms with Gasteiger partial charge < -0.3 is 10.3 Å². The van der Waals surface area contributed by atoms with Crippen LogP contribution in [0.2, 0.25) is 0 Å². The first-order valence-electron chi connectivity index (χ1n) is 11.1. The molecule has 168 valence electrons. The molecule has 0 saturated heterocycles. The number of anilines is 1. The summed E-state index contributed by atoms with van der Waals surface area (Å²) in [5, 5.41) is 13.3. The number of nitrogens with zero attached hydrogens (tertiary/aromatic N) is 4. The maximum atomic E-state index is 4.65. The minimum atomic E-state index is 0.326. The SMILES string of the molecule is Cc1ccc(-c2cncc3[nH]c(-c4n[nH]c5cnc(-c6cncc(NC(C)C)c6)cc45)cc23)s1. The Bertz CT molecular complexity index is 1640. The molecule has 7 nitrogen and oxygen atoms in total. The number of nitrogens with one attached hydrogen (secondary N) is 3. The minimum Gasteiger partial charge on any atom is -0.382 e. The number of H-pyrrole nitrogens is 2. The molecule has 0 spiro atoms. The van der Waals surface area contributed by atoms with E-state index in [0.29, 0.717) is 6.04 Å². The molecule has 8 heteroatoms. The smallest absolute Gasteiger partial charge is 0.116 e.